The maximum absolute atomic E-state index is 10.7. The van der Waals surface area contributed by atoms with Crippen molar-refractivity contribution in [2.75, 3.05) is 0 Å². The first-order valence-corrected chi connectivity index (χ1v) is 8.23. The van der Waals surface area contributed by atoms with E-state index in [1.165, 1.54) is 0 Å². The first kappa shape index (κ1) is 14.4. The molecule has 4 saturated heterocycles. The summed E-state index contributed by atoms with van der Waals surface area (Å²) in [6.07, 6.45) is 3.43. The molecule has 1 saturated carbocycles. The Hall–Kier alpha value is -0.200. The van der Waals surface area contributed by atoms with Gasteiger partial charge < -0.3 is 14.6 Å². The van der Waals surface area contributed by atoms with Crippen LogP contribution < -0.4 is 0 Å². The van der Waals surface area contributed by atoms with Crippen molar-refractivity contribution in [1.29, 1.82) is 0 Å². The Morgan fingerprint density at radius 2 is 1.71 bits per heavy atom. The van der Waals surface area contributed by atoms with Crippen LogP contribution in [0.1, 0.15) is 53.4 Å². The summed E-state index contributed by atoms with van der Waals surface area (Å²) in [4.78, 5) is 11.7. The molecule has 21 heavy (non-hydrogen) atoms. The van der Waals surface area contributed by atoms with Gasteiger partial charge in [0.25, 0.3) is 0 Å². The van der Waals surface area contributed by atoms with Crippen LogP contribution in [-0.4, -0.2) is 28.6 Å². The van der Waals surface area contributed by atoms with E-state index in [4.69, 9.17) is 19.2 Å². The SMILES string of the molecule is C[C@@H]1CC[C@H]2[C@@H](C)[C@@](C)(O)O[C@@H]3O[C@]4(C)CCC1[C@]32OO4. The van der Waals surface area contributed by atoms with Crippen LogP contribution in [-0.2, 0) is 19.2 Å². The van der Waals surface area contributed by atoms with Crippen molar-refractivity contribution in [3.05, 3.63) is 0 Å². The lowest BCUT2D eigenvalue weighted by molar-refractivity contribution is -0.584. The van der Waals surface area contributed by atoms with Gasteiger partial charge in [-0.05, 0) is 44.9 Å². The average molecular weight is 298 g/mol. The smallest absolute Gasteiger partial charge is 0.201 e. The summed E-state index contributed by atoms with van der Waals surface area (Å²) in [5.74, 6) is -0.878. The van der Waals surface area contributed by atoms with E-state index in [2.05, 4.69) is 6.92 Å². The molecule has 0 aromatic heterocycles. The van der Waals surface area contributed by atoms with E-state index in [-0.39, 0.29) is 11.8 Å². The van der Waals surface area contributed by atoms with Gasteiger partial charge in [0.2, 0.25) is 5.79 Å². The van der Waals surface area contributed by atoms with Crippen LogP contribution in [0.15, 0.2) is 0 Å². The first-order valence-electron chi connectivity index (χ1n) is 8.23. The van der Waals surface area contributed by atoms with Gasteiger partial charge >= 0.3 is 0 Å². The van der Waals surface area contributed by atoms with Crippen LogP contribution >= 0.6 is 0 Å². The van der Waals surface area contributed by atoms with Gasteiger partial charge in [-0.2, -0.15) is 0 Å². The van der Waals surface area contributed by atoms with Crippen molar-refractivity contribution >= 4 is 0 Å². The van der Waals surface area contributed by atoms with Gasteiger partial charge in [0, 0.05) is 18.3 Å². The van der Waals surface area contributed by atoms with Crippen LogP contribution in [0.2, 0.25) is 0 Å². The first-order chi connectivity index (χ1) is 9.79. The highest BCUT2D eigenvalue weighted by Crippen LogP contribution is 2.61. The molecule has 1 aliphatic carbocycles. The monoisotopic (exact) mass is 298 g/mol. The Kier molecular flexibility index (Phi) is 2.88. The molecule has 0 radical (unpaired) electrons. The number of rotatable bonds is 0. The molecule has 5 fully saturated rings. The third kappa shape index (κ3) is 1.75. The van der Waals surface area contributed by atoms with Gasteiger partial charge in [0.05, 0.1) is 0 Å². The molecular weight excluding hydrogens is 272 g/mol. The van der Waals surface area contributed by atoms with Crippen molar-refractivity contribution in [2.45, 2.75) is 76.8 Å². The highest BCUT2D eigenvalue weighted by atomic mass is 17.3. The lowest BCUT2D eigenvalue weighted by Crippen LogP contribution is -2.72. The highest BCUT2D eigenvalue weighted by molar-refractivity contribution is 5.10. The maximum Gasteiger partial charge on any atom is 0.201 e. The van der Waals surface area contributed by atoms with Crippen molar-refractivity contribution < 1.29 is 24.4 Å². The van der Waals surface area contributed by atoms with Crippen molar-refractivity contribution in [1.82, 2.24) is 0 Å². The van der Waals surface area contributed by atoms with E-state index in [0.29, 0.717) is 11.8 Å². The molecule has 120 valence electrons. The minimum atomic E-state index is -1.18. The predicted molar refractivity (Wildman–Crippen MR) is 73.7 cm³/mol. The summed E-state index contributed by atoms with van der Waals surface area (Å²) < 4.78 is 12.1. The molecule has 4 heterocycles. The van der Waals surface area contributed by atoms with Crippen LogP contribution in [0, 0.1) is 23.7 Å². The second-order valence-corrected chi connectivity index (χ2v) is 7.87. The molecule has 1 spiro atoms. The van der Waals surface area contributed by atoms with Crippen LogP contribution in [0.3, 0.4) is 0 Å². The zero-order chi connectivity index (χ0) is 15.0. The Morgan fingerprint density at radius 3 is 2.48 bits per heavy atom. The van der Waals surface area contributed by atoms with Gasteiger partial charge in [-0.25, -0.2) is 9.78 Å². The molecular formula is C16H26O5. The lowest BCUT2D eigenvalue weighted by Gasteiger charge is -2.61. The Labute approximate surface area is 125 Å². The summed E-state index contributed by atoms with van der Waals surface area (Å²) in [6, 6.07) is 0. The highest BCUT2D eigenvalue weighted by Gasteiger charge is 2.70. The normalized spacial score (nSPS) is 63.0. The number of ether oxygens (including phenoxy) is 2. The summed E-state index contributed by atoms with van der Waals surface area (Å²) in [5, 5.41) is 10.7. The second kappa shape index (κ2) is 4.20. The summed E-state index contributed by atoms with van der Waals surface area (Å²) >= 11 is 0. The zero-order valence-electron chi connectivity index (χ0n) is 13.3. The fourth-order valence-corrected chi connectivity index (χ4v) is 5.08. The Bertz CT molecular complexity index is 452. The van der Waals surface area contributed by atoms with Crippen LogP contribution in [0.4, 0.5) is 0 Å². The molecule has 1 unspecified atom stereocenters. The average Bonchev–Trinajstić information content (AvgIpc) is 2.62. The maximum atomic E-state index is 10.7. The molecule has 5 heteroatoms. The Morgan fingerprint density at radius 1 is 0.952 bits per heavy atom. The summed E-state index contributed by atoms with van der Waals surface area (Å²) in [5.41, 5.74) is -0.574. The molecule has 8 atom stereocenters. The van der Waals surface area contributed by atoms with Crippen molar-refractivity contribution in [3.8, 4) is 0 Å². The molecule has 0 aromatic rings. The number of aliphatic hydroxyl groups is 1. The van der Waals surface area contributed by atoms with Gasteiger partial charge in [0.1, 0.15) is 0 Å². The second-order valence-electron chi connectivity index (χ2n) is 7.87. The summed E-state index contributed by atoms with van der Waals surface area (Å²) in [7, 11) is 0. The third-order valence-corrected chi connectivity index (χ3v) is 6.57. The third-order valence-electron chi connectivity index (χ3n) is 6.57. The zero-order valence-corrected chi connectivity index (χ0v) is 13.3. The molecule has 5 aliphatic rings. The van der Waals surface area contributed by atoms with Crippen molar-refractivity contribution in [3.63, 3.8) is 0 Å². The van der Waals surface area contributed by atoms with Gasteiger partial charge in [-0.3, -0.25) is 0 Å². The van der Waals surface area contributed by atoms with Gasteiger partial charge in [-0.15, -0.1) is 0 Å². The van der Waals surface area contributed by atoms with Gasteiger partial charge in [-0.1, -0.05) is 13.8 Å². The van der Waals surface area contributed by atoms with E-state index in [1.807, 2.05) is 13.8 Å². The van der Waals surface area contributed by atoms with Crippen LogP contribution in [0.5, 0.6) is 0 Å². The minimum absolute atomic E-state index is 0.0154. The minimum Gasteiger partial charge on any atom is -0.365 e. The largest absolute Gasteiger partial charge is 0.365 e. The quantitative estimate of drug-likeness (QED) is 0.697. The molecule has 2 bridgehead atoms. The van der Waals surface area contributed by atoms with E-state index in [1.54, 1.807) is 6.92 Å². The number of hydrogen-bond acceptors (Lipinski definition) is 5. The lowest BCUT2D eigenvalue weighted by atomic mass is 9.57. The molecule has 5 nitrogen and oxygen atoms in total. The topological polar surface area (TPSA) is 57.2 Å². The van der Waals surface area contributed by atoms with Crippen molar-refractivity contribution in [2.24, 2.45) is 23.7 Å². The van der Waals surface area contributed by atoms with E-state index >= 15 is 0 Å². The fourth-order valence-electron chi connectivity index (χ4n) is 5.08. The van der Waals surface area contributed by atoms with Crippen LogP contribution in [0.25, 0.3) is 0 Å². The van der Waals surface area contributed by atoms with Gasteiger partial charge in [0.15, 0.2) is 17.7 Å². The molecule has 4 aliphatic heterocycles. The molecule has 0 aromatic carbocycles. The Balaban J connectivity index is 1.83. The fraction of sp³-hybridized carbons (Fsp3) is 1.00. The molecule has 5 rings (SSSR count). The predicted octanol–water partition coefficient (Wildman–Crippen LogP) is 2.58. The van der Waals surface area contributed by atoms with E-state index in [0.717, 1.165) is 25.7 Å². The summed E-state index contributed by atoms with van der Waals surface area (Å²) in [6.45, 7) is 7.97. The number of fused-ring (bicyclic) bond motifs is 2. The molecule has 1 N–H and O–H groups in total. The standard InChI is InChI=1S/C16H26O5/c1-9-5-6-12-10(2)15(4,17)19-13-16(12)11(9)7-8-14(3,18-13)20-21-16/h9-13,17H,5-8H2,1-4H3/t9-,10-,11?,12+,13+,14+,15+,16-/m1/s1. The van der Waals surface area contributed by atoms with E-state index < -0.39 is 23.5 Å². The molecule has 0 amide bonds. The van der Waals surface area contributed by atoms with E-state index in [9.17, 15) is 5.11 Å². The number of hydrogen-bond donors (Lipinski definition) is 1.